The lowest BCUT2D eigenvalue weighted by atomic mass is 9.82. The van der Waals surface area contributed by atoms with Crippen molar-refractivity contribution in [2.45, 2.75) is 19.3 Å². The second-order valence-corrected chi connectivity index (χ2v) is 5.22. The van der Waals surface area contributed by atoms with E-state index in [9.17, 15) is 14.9 Å². The smallest absolute Gasteiger partial charge is 0.338 e. The van der Waals surface area contributed by atoms with Gasteiger partial charge in [-0.15, -0.1) is 0 Å². The fourth-order valence-corrected chi connectivity index (χ4v) is 2.68. The topological polar surface area (TPSA) is 112 Å². The third kappa shape index (κ3) is 3.33. The maximum atomic E-state index is 12.3. The molecule has 1 atom stereocenters. The van der Waals surface area contributed by atoms with E-state index in [1.165, 1.54) is 14.2 Å². The van der Waals surface area contributed by atoms with Crippen molar-refractivity contribution in [3.05, 3.63) is 58.2 Å². The average molecular weight is 342 g/mol. The Morgan fingerprint density at radius 1 is 1.20 bits per heavy atom. The highest BCUT2D eigenvalue weighted by atomic mass is 16.5. The Morgan fingerprint density at radius 3 is 2.28 bits per heavy atom. The van der Waals surface area contributed by atoms with Crippen LogP contribution in [0.4, 0.5) is 0 Å². The highest BCUT2D eigenvalue weighted by molar-refractivity contribution is 5.93. The van der Waals surface area contributed by atoms with E-state index in [4.69, 9.17) is 15.2 Å². The molecule has 0 radical (unpaired) electrons. The minimum absolute atomic E-state index is 0.0472. The van der Waals surface area contributed by atoms with Crippen LogP contribution >= 0.6 is 0 Å². The number of ether oxygens (including phenoxy) is 3. The molecule has 0 unspecified atom stereocenters. The third-order valence-corrected chi connectivity index (χ3v) is 3.89. The average Bonchev–Trinajstić information content (AvgIpc) is 2.65. The second kappa shape index (κ2) is 7.53. The number of carbonyl (C=O) groups is 2. The van der Waals surface area contributed by atoms with E-state index in [2.05, 4.69) is 4.74 Å². The van der Waals surface area contributed by atoms with Gasteiger partial charge < -0.3 is 19.9 Å². The van der Waals surface area contributed by atoms with E-state index in [0.29, 0.717) is 23.3 Å². The largest absolute Gasteiger partial charge is 0.466 e. The Bertz CT molecular complexity index is 800. The van der Waals surface area contributed by atoms with E-state index >= 15 is 0 Å². The van der Waals surface area contributed by atoms with Crippen LogP contribution in [0.15, 0.2) is 47.1 Å². The summed E-state index contributed by atoms with van der Waals surface area (Å²) in [4.78, 5) is 23.9. The summed E-state index contributed by atoms with van der Waals surface area (Å²) < 4.78 is 15.0. The van der Waals surface area contributed by atoms with E-state index in [0.717, 1.165) is 0 Å². The summed E-state index contributed by atoms with van der Waals surface area (Å²) in [6.07, 6.45) is 0.403. The highest BCUT2D eigenvalue weighted by Gasteiger charge is 2.36. The van der Waals surface area contributed by atoms with Crippen LogP contribution in [0.2, 0.25) is 0 Å². The molecule has 0 aliphatic carbocycles. The lowest BCUT2D eigenvalue weighted by Gasteiger charge is -2.27. The molecule has 1 aromatic carbocycles. The number of nitrogens with zero attached hydrogens (tertiary/aromatic N) is 1. The van der Waals surface area contributed by atoms with Crippen LogP contribution in [-0.4, -0.2) is 26.2 Å². The summed E-state index contributed by atoms with van der Waals surface area (Å²) in [7, 11) is 2.55. The number of nitriles is 1. The zero-order valence-electron chi connectivity index (χ0n) is 14.2. The van der Waals surface area contributed by atoms with Crippen molar-refractivity contribution >= 4 is 11.9 Å². The van der Waals surface area contributed by atoms with E-state index < -0.39 is 17.9 Å². The molecule has 0 bridgehead atoms. The van der Waals surface area contributed by atoms with Crippen LogP contribution in [0.1, 0.15) is 35.2 Å². The van der Waals surface area contributed by atoms with Gasteiger partial charge in [0.2, 0.25) is 5.88 Å². The first-order chi connectivity index (χ1) is 12.0. The molecule has 25 heavy (non-hydrogen) atoms. The van der Waals surface area contributed by atoms with Crippen molar-refractivity contribution in [3.8, 4) is 6.07 Å². The van der Waals surface area contributed by atoms with Gasteiger partial charge in [0.1, 0.15) is 17.4 Å². The predicted octanol–water partition coefficient (Wildman–Crippen LogP) is 2.12. The van der Waals surface area contributed by atoms with Crippen molar-refractivity contribution < 1.29 is 23.8 Å². The number of rotatable bonds is 4. The first-order valence-corrected chi connectivity index (χ1v) is 7.55. The van der Waals surface area contributed by atoms with Crippen molar-refractivity contribution in [1.82, 2.24) is 0 Å². The highest BCUT2D eigenvalue weighted by Crippen LogP contribution is 2.40. The molecule has 7 nitrogen and oxygen atoms in total. The van der Waals surface area contributed by atoms with Crippen molar-refractivity contribution in [2.75, 3.05) is 14.2 Å². The summed E-state index contributed by atoms with van der Waals surface area (Å²) in [6, 6.07) is 8.40. The first-order valence-electron chi connectivity index (χ1n) is 7.55. The zero-order valence-corrected chi connectivity index (χ0v) is 14.2. The fraction of sp³-hybridized carbons (Fsp3) is 0.278. The molecule has 1 aliphatic heterocycles. The lowest BCUT2D eigenvalue weighted by molar-refractivity contribution is -0.136. The minimum Gasteiger partial charge on any atom is -0.466 e. The Balaban J connectivity index is 2.60. The molecule has 0 amide bonds. The maximum absolute atomic E-state index is 12.3. The summed E-state index contributed by atoms with van der Waals surface area (Å²) >= 11 is 0. The zero-order chi connectivity index (χ0) is 18.6. The van der Waals surface area contributed by atoms with Gasteiger partial charge in [-0.1, -0.05) is 19.1 Å². The monoisotopic (exact) mass is 342 g/mol. The fourth-order valence-electron chi connectivity index (χ4n) is 2.68. The Kier molecular flexibility index (Phi) is 5.45. The summed E-state index contributed by atoms with van der Waals surface area (Å²) in [6.45, 7) is 1.81. The molecular formula is C18H18N2O5. The summed E-state index contributed by atoms with van der Waals surface area (Å²) in [5.74, 6) is -1.50. The number of carbonyl (C=O) groups excluding carboxylic acids is 2. The van der Waals surface area contributed by atoms with Crippen LogP contribution in [0, 0.1) is 11.3 Å². The van der Waals surface area contributed by atoms with E-state index in [1.54, 1.807) is 31.2 Å². The first kappa shape index (κ1) is 18.1. The molecule has 7 heteroatoms. The van der Waals surface area contributed by atoms with Crippen LogP contribution in [0.25, 0.3) is 0 Å². The quantitative estimate of drug-likeness (QED) is 0.834. The van der Waals surface area contributed by atoms with E-state index in [1.807, 2.05) is 6.07 Å². The molecule has 2 N–H and O–H groups in total. The Hall–Kier alpha value is -3.27. The molecule has 0 saturated carbocycles. The Morgan fingerprint density at radius 2 is 1.80 bits per heavy atom. The standard InChI is InChI=1S/C18H18N2O5/c1-4-13-15(18(22)24-3)14(12(9-19)16(20)25-13)10-5-7-11(8-6-10)17(21)23-2/h5-8,14H,4,20H2,1-3H3/t14-/m0/s1. The molecular weight excluding hydrogens is 324 g/mol. The van der Waals surface area contributed by atoms with Gasteiger partial charge in [0.25, 0.3) is 0 Å². The van der Waals surface area contributed by atoms with Gasteiger partial charge in [-0.2, -0.15) is 5.26 Å². The molecule has 1 aromatic rings. The van der Waals surface area contributed by atoms with Gasteiger partial charge in [-0.05, 0) is 17.7 Å². The Labute approximate surface area is 145 Å². The van der Waals surface area contributed by atoms with Crippen molar-refractivity contribution in [1.29, 1.82) is 5.26 Å². The minimum atomic E-state index is -0.729. The lowest BCUT2D eigenvalue weighted by Crippen LogP contribution is -2.25. The van der Waals surface area contributed by atoms with Crippen LogP contribution in [0.3, 0.4) is 0 Å². The summed E-state index contributed by atoms with van der Waals surface area (Å²) in [5, 5.41) is 9.49. The number of hydrogen-bond donors (Lipinski definition) is 1. The van der Waals surface area contributed by atoms with E-state index in [-0.39, 0.29) is 17.0 Å². The van der Waals surface area contributed by atoms with Crippen LogP contribution in [-0.2, 0) is 19.0 Å². The molecule has 0 saturated heterocycles. The molecule has 130 valence electrons. The molecule has 1 aliphatic rings. The second-order valence-electron chi connectivity index (χ2n) is 5.22. The predicted molar refractivity (Wildman–Crippen MR) is 87.8 cm³/mol. The molecule has 2 rings (SSSR count). The van der Waals surface area contributed by atoms with Gasteiger partial charge in [0, 0.05) is 6.42 Å². The number of nitrogens with two attached hydrogens (primary N) is 1. The number of allylic oxidation sites excluding steroid dienone is 2. The number of benzene rings is 1. The maximum Gasteiger partial charge on any atom is 0.338 e. The third-order valence-electron chi connectivity index (χ3n) is 3.89. The number of methoxy groups -OCH3 is 2. The van der Waals surface area contributed by atoms with Crippen LogP contribution < -0.4 is 5.73 Å². The van der Waals surface area contributed by atoms with Crippen molar-refractivity contribution in [3.63, 3.8) is 0 Å². The molecule has 0 fully saturated rings. The number of esters is 2. The van der Waals surface area contributed by atoms with Gasteiger partial charge in [-0.3, -0.25) is 0 Å². The van der Waals surface area contributed by atoms with Crippen LogP contribution in [0.5, 0.6) is 0 Å². The molecule has 1 heterocycles. The van der Waals surface area contributed by atoms with Gasteiger partial charge >= 0.3 is 11.9 Å². The molecule has 0 aromatic heterocycles. The normalized spacial score (nSPS) is 16.8. The van der Waals surface area contributed by atoms with Gasteiger partial charge in [-0.25, -0.2) is 9.59 Å². The number of hydrogen-bond acceptors (Lipinski definition) is 7. The van der Waals surface area contributed by atoms with Gasteiger partial charge in [0.15, 0.2) is 0 Å². The van der Waals surface area contributed by atoms with Crippen molar-refractivity contribution in [2.24, 2.45) is 5.73 Å². The summed E-state index contributed by atoms with van der Waals surface area (Å²) in [5.41, 5.74) is 7.17. The SMILES string of the molecule is CCC1=C(C(=O)OC)[C@@H](c2ccc(C(=O)OC)cc2)C(C#N)=C(N)O1. The molecule has 0 spiro atoms. The van der Waals surface area contributed by atoms with Gasteiger partial charge in [0.05, 0.1) is 31.3 Å².